The Morgan fingerprint density at radius 2 is 2.20 bits per heavy atom. The number of nitrogens with zero attached hydrogens (tertiary/aromatic N) is 1. The Balaban J connectivity index is 2.74. The molecule has 0 aliphatic rings. The van der Waals surface area contributed by atoms with E-state index in [0.717, 1.165) is 10.1 Å². The SMILES string of the molecule is C=Nc1c(C(=O)OC)sc2ccccc12. The van der Waals surface area contributed by atoms with E-state index in [0.29, 0.717) is 10.6 Å². The number of aliphatic imine (C=N–C) groups is 1. The maximum absolute atomic E-state index is 11.5. The molecule has 0 unspecified atom stereocenters. The van der Waals surface area contributed by atoms with Crippen LogP contribution < -0.4 is 0 Å². The van der Waals surface area contributed by atoms with E-state index in [1.807, 2.05) is 24.3 Å². The van der Waals surface area contributed by atoms with Gasteiger partial charge in [0, 0.05) is 10.1 Å². The molecular formula is C11H9NO2S. The Labute approximate surface area is 91.0 Å². The maximum Gasteiger partial charge on any atom is 0.350 e. The van der Waals surface area contributed by atoms with Crippen LogP contribution in [0.1, 0.15) is 9.67 Å². The Hall–Kier alpha value is -1.68. The average Bonchev–Trinajstić information content (AvgIpc) is 2.66. The van der Waals surface area contributed by atoms with Crippen LogP contribution in [0.3, 0.4) is 0 Å². The van der Waals surface area contributed by atoms with Gasteiger partial charge >= 0.3 is 5.97 Å². The van der Waals surface area contributed by atoms with E-state index in [2.05, 4.69) is 11.7 Å². The molecule has 2 rings (SSSR count). The van der Waals surface area contributed by atoms with Gasteiger partial charge in [-0.3, -0.25) is 4.99 Å². The fourth-order valence-electron chi connectivity index (χ4n) is 1.42. The highest BCUT2D eigenvalue weighted by Gasteiger charge is 2.17. The van der Waals surface area contributed by atoms with E-state index in [1.165, 1.54) is 18.4 Å². The van der Waals surface area contributed by atoms with Crippen LogP contribution in [0.4, 0.5) is 5.69 Å². The Morgan fingerprint density at radius 3 is 2.87 bits per heavy atom. The quantitative estimate of drug-likeness (QED) is 0.575. The number of esters is 1. The molecular weight excluding hydrogens is 210 g/mol. The smallest absolute Gasteiger partial charge is 0.350 e. The van der Waals surface area contributed by atoms with Gasteiger partial charge in [-0.05, 0) is 12.8 Å². The molecule has 0 radical (unpaired) electrons. The first kappa shape index (κ1) is 9.86. The van der Waals surface area contributed by atoms with Crippen LogP contribution >= 0.6 is 11.3 Å². The first-order valence-electron chi connectivity index (χ1n) is 4.34. The van der Waals surface area contributed by atoms with E-state index < -0.39 is 0 Å². The number of carbonyl (C=O) groups is 1. The van der Waals surface area contributed by atoms with E-state index in [4.69, 9.17) is 4.74 Å². The summed E-state index contributed by atoms with van der Waals surface area (Å²) in [7, 11) is 1.36. The predicted octanol–water partition coefficient (Wildman–Crippen LogP) is 3.02. The predicted molar refractivity (Wildman–Crippen MR) is 62.4 cm³/mol. The number of ether oxygens (including phenoxy) is 1. The second kappa shape index (κ2) is 3.82. The van der Waals surface area contributed by atoms with Gasteiger partial charge in [0.1, 0.15) is 4.88 Å². The normalized spacial score (nSPS) is 10.2. The van der Waals surface area contributed by atoms with E-state index in [-0.39, 0.29) is 5.97 Å². The van der Waals surface area contributed by atoms with Gasteiger partial charge in [0.2, 0.25) is 0 Å². The average molecular weight is 219 g/mol. The van der Waals surface area contributed by atoms with Crippen LogP contribution in [0, 0.1) is 0 Å². The zero-order valence-corrected chi connectivity index (χ0v) is 9.00. The van der Waals surface area contributed by atoms with Crippen molar-refractivity contribution in [3.05, 3.63) is 29.1 Å². The molecule has 0 bridgehead atoms. The number of methoxy groups -OCH3 is 1. The van der Waals surface area contributed by atoms with Gasteiger partial charge in [-0.25, -0.2) is 4.79 Å². The van der Waals surface area contributed by atoms with Gasteiger partial charge in [0.05, 0.1) is 12.8 Å². The van der Waals surface area contributed by atoms with Crippen LogP contribution in [-0.2, 0) is 4.74 Å². The molecule has 3 nitrogen and oxygen atoms in total. The molecule has 0 amide bonds. The van der Waals surface area contributed by atoms with Crippen molar-refractivity contribution in [2.45, 2.75) is 0 Å². The molecule has 2 aromatic rings. The summed E-state index contributed by atoms with van der Waals surface area (Å²) in [6.07, 6.45) is 0. The molecule has 15 heavy (non-hydrogen) atoms. The summed E-state index contributed by atoms with van der Waals surface area (Å²) in [6.45, 7) is 3.48. The third-order valence-electron chi connectivity index (χ3n) is 2.10. The molecule has 0 aliphatic carbocycles. The molecule has 0 N–H and O–H groups in total. The lowest BCUT2D eigenvalue weighted by Gasteiger charge is -1.95. The third-order valence-corrected chi connectivity index (χ3v) is 3.24. The minimum atomic E-state index is -0.362. The molecule has 0 atom stereocenters. The molecule has 1 aromatic heterocycles. The molecule has 4 heteroatoms. The number of carbonyl (C=O) groups excluding carboxylic acids is 1. The van der Waals surface area contributed by atoms with Crippen LogP contribution in [0.2, 0.25) is 0 Å². The van der Waals surface area contributed by atoms with Crippen molar-refractivity contribution < 1.29 is 9.53 Å². The molecule has 1 heterocycles. The van der Waals surface area contributed by atoms with Crippen molar-refractivity contribution in [3.8, 4) is 0 Å². The number of fused-ring (bicyclic) bond motifs is 1. The monoisotopic (exact) mass is 219 g/mol. The van der Waals surface area contributed by atoms with Crippen molar-refractivity contribution in [1.82, 2.24) is 0 Å². The van der Waals surface area contributed by atoms with Crippen molar-refractivity contribution in [2.75, 3.05) is 7.11 Å². The van der Waals surface area contributed by atoms with Gasteiger partial charge in [-0.15, -0.1) is 11.3 Å². The van der Waals surface area contributed by atoms with Crippen LogP contribution in [0.25, 0.3) is 10.1 Å². The zero-order valence-electron chi connectivity index (χ0n) is 8.19. The lowest BCUT2D eigenvalue weighted by Crippen LogP contribution is -1.97. The molecule has 0 saturated carbocycles. The van der Waals surface area contributed by atoms with Gasteiger partial charge in [-0.1, -0.05) is 18.2 Å². The van der Waals surface area contributed by atoms with E-state index in [9.17, 15) is 4.79 Å². The highest BCUT2D eigenvalue weighted by atomic mass is 32.1. The fourth-order valence-corrected chi connectivity index (χ4v) is 2.50. The van der Waals surface area contributed by atoms with Gasteiger partial charge < -0.3 is 4.74 Å². The minimum absolute atomic E-state index is 0.362. The second-order valence-electron chi connectivity index (χ2n) is 2.93. The molecule has 76 valence electrons. The first-order chi connectivity index (χ1) is 7.27. The van der Waals surface area contributed by atoms with Crippen LogP contribution in [0.5, 0.6) is 0 Å². The highest BCUT2D eigenvalue weighted by Crippen LogP contribution is 2.37. The Bertz CT molecular complexity index is 530. The molecule has 0 aliphatic heterocycles. The molecule has 1 aromatic carbocycles. The fraction of sp³-hybridized carbons (Fsp3) is 0.0909. The van der Waals surface area contributed by atoms with Crippen LogP contribution in [-0.4, -0.2) is 19.8 Å². The Kier molecular flexibility index (Phi) is 2.51. The molecule has 0 fully saturated rings. The first-order valence-corrected chi connectivity index (χ1v) is 5.16. The van der Waals surface area contributed by atoms with Gasteiger partial charge in [0.25, 0.3) is 0 Å². The number of rotatable bonds is 2. The molecule has 0 saturated heterocycles. The summed E-state index contributed by atoms with van der Waals surface area (Å²) in [4.78, 5) is 15.9. The number of hydrogen-bond acceptors (Lipinski definition) is 4. The number of thiophene rings is 1. The summed E-state index contributed by atoms with van der Waals surface area (Å²) in [5, 5.41) is 0.943. The van der Waals surface area contributed by atoms with E-state index in [1.54, 1.807) is 0 Å². The summed E-state index contributed by atoms with van der Waals surface area (Å²) < 4.78 is 5.71. The summed E-state index contributed by atoms with van der Waals surface area (Å²) in [5.74, 6) is -0.362. The topological polar surface area (TPSA) is 38.7 Å². The van der Waals surface area contributed by atoms with Gasteiger partial charge in [0.15, 0.2) is 0 Å². The lowest BCUT2D eigenvalue weighted by molar-refractivity contribution is 0.0607. The summed E-state index contributed by atoms with van der Waals surface area (Å²) in [6, 6.07) is 7.70. The maximum atomic E-state index is 11.5. The lowest BCUT2D eigenvalue weighted by atomic mass is 10.2. The number of benzene rings is 1. The number of hydrogen-bond donors (Lipinski definition) is 0. The molecule has 0 spiro atoms. The van der Waals surface area contributed by atoms with Crippen molar-refractivity contribution in [3.63, 3.8) is 0 Å². The second-order valence-corrected chi connectivity index (χ2v) is 3.98. The van der Waals surface area contributed by atoms with E-state index >= 15 is 0 Å². The summed E-state index contributed by atoms with van der Waals surface area (Å²) in [5.41, 5.74) is 0.613. The van der Waals surface area contributed by atoms with Gasteiger partial charge in [-0.2, -0.15) is 0 Å². The third kappa shape index (κ3) is 1.53. The van der Waals surface area contributed by atoms with Crippen molar-refractivity contribution in [1.29, 1.82) is 0 Å². The minimum Gasteiger partial charge on any atom is -0.465 e. The van der Waals surface area contributed by atoms with Crippen LogP contribution in [0.15, 0.2) is 29.3 Å². The van der Waals surface area contributed by atoms with Crippen molar-refractivity contribution in [2.24, 2.45) is 4.99 Å². The summed E-state index contributed by atoms with van der Waals surface area (Å²) >= 11 is 1.37. The zero-order chi connectivity index (χ0) is 10.8. The standard InChI is InChI=1S/C11H9NO2S/c1-12-9-7-5-3-4-6-8(7)15-10(9)11(13)14-2/h3-6H,1H2,2H3. The highest BCUT2D eigenvalue weighted by molar-refractivity contribution is 7.21. The Morgan fingerprint density at radius 1 is 1.47 bits per heavy atom. The van der Waals surface area contributed by atoms with Crippen molar-refractivity contribution >= 4 is 39.8 Å². The largest absolute Gasteiger partial charge is 0.465 e.